The summed E-state index contributed by atoms with van der Waals surface area (Å²) in [4.78, 5) is 0. The van der Waals surface area contributed by atoms with Crippen molar-refractivity contribution in [2.75, 3.05) is 0 Å². The highest BCUT2D eigenvalue weighted by atomic mass is 14.2. The van der Waals surface area contributed by atoms with Crippen LogP contribution in [0.4, 0.5) is 0 Å². The third-order valence-electron chi connectivity index (χ3n) is 4.22. The summed E-state index contributed by atoms with van der Waals surface area (Å²) in [6.07, 6.45) is 9.97. The molecule has 0 amide bonds. The van der Waals surface area contributed by atoms with Crippen LogP contribution in [-0.2, 0) is 0 Å². The fraction of sp³-hybridized carbons (Fsp3) is 0.750. The van der Waals surface area contributed by atoms with Crippen molar-refractivity contribution in [1.29, 1.82) is 0 Å². The summed E-state index contributed by atoms with van der Waals surface area (Å²) in [5, 5.41) is 0. The second kappa shape index (κ2) is 6.27. The van der Waals surface area contributed by atoms with Crippen molar-refractivity contribution in [2.45, 2.75) is 60.3 Å². The van der Waals surface area contributed by atoms with Crippen LogP contribution in [-0.4, -0.2) is 0 Å². The maximum Gasteiger partial charge on any atom is -0.0228 e. The molecule has 16 heavy (non-hydrogen) atoms. The molecular weight excluding hydrogens is 192 g/mol. The zero-order chi connectivity index (χ0) is 12.1. The summed E-state index contributed by atoms with van der Waals surface area (Å²) in [6, 6.07) is 0. The highest BCUT2D eigenvalue weighted by molar-refractivity contribution is 5.24. The monoisotopic (exact) mass is 220 g/mol. The summed E-state index contributed by atoms with van der Waals surface area (Å²) in [5.41, 5.74) is 3.20. The SMILES string of the molecule is CC1=CC=C([C@@H](C)CC[C@H](C)C(C)C)CC1. The van der Waals surface area contributed by atoms with Gasteiger partial charge in [-0.05, 0) is 50.4 Å². The lowest BCUT2D eigenvalue weighted by Crippen LogP contribution is -2.08. The first-order valence-corrected chi connectivity index (χ1v) is 6.87. The minimum absolute atomic E-state index is 0.783. The first-order chi connectivity index (χ1) is 7.50. The Morgan fingerprint density at radius 3 is 2.19 bits per heavy atom. The molecule has 0 saturated carbocycles. The molecule has 0 aromatic rings. The molecule has 0 saturated heterocycles. The van der Waals surface area contributed by atoms with Crippen LogP contribution >= 0.6 is 0 Å². The Balaban J connectivity index is 2.38. The van der Waals surface area contributed by atoms with E-state index in [1.54, 1.807) is 5.57 Å². The Bertz CT molecular complexity index is 268. The topological polar surface area (TPSA) is 0 Å². The van der Waals surface area contributed by atoms with Gasteiger partial charge in [-0.15, -0.1) is 0 Å². The van der Waals surface area contributed by atoms with Crippen LogP contribution in [0.1, 0.15) is 60.3 Å². The summed E-state index contributed by atoms with van der Waals surface area (Å²) >= 11 is 0. The highest BCUT2D eigenvalue weighted by Crippen LogP contribution is 2.29. The number of rotatable bonds is 5. The number of allylic oxidation sites excluding steroid dienone is 4. The molecule has 92 valence electrons. The smallest absolute Gasteiger partial charge is 0.0228 e. The van der Waals surface area contributed by atoms with Crippen molar-refractivity contribution in [3.05, 3.63) is 23.3 Å². The molecule has 0 aromatic carbocycles. The molecule has 1 aliphatic carbocycles. The average Bonchev–Trinajstić information content (AvgIpc) is 2.26. The van der Waals surface area contributed by atoms with Gasteiger partial charge in [-0.25, -0.2) is 0 Å². The predicted octanol–water partition coefficient (Wildman–Crippen LogP) is 5.36. The lowest BCUT2D eigenvalue weighted by molar-refractivity contribution is 0.361. The van der Waals surface area contributed by atoms with Gasteiger partial charge >= 0.3 is 0 Å². The van der Waals surface area contributed by atoms with Gasteiger partial charge in [-0.2, -0.15) is 0 Å². The molecule has 1 aliphatic rings. The zero-order valence-corrected chi connectivity index (χ0v) is 11.7. The van der Waals surface area contributed by atoms with Crippen molar-refractivity contribution in [1.82, 2.24) is 0 Å². The Morgan fingerprint density at radius 2 is 1.69 bits per heavy atom. The largest absolute Gasteiger partial charge is 0.0730 e. The molecule has 0 fully saturated rings. The molecule has 0 heterocycles. The van der Waals surface area contributed by atoms with Gasteiger partial charge in [0.05, 0.1) is 0 Å². The fourth-order valence-corrected chi connectivity index (χ4v) is 2.20. The van der Waals surface area contributed by atoms with Crippen LogP contribution in [0.25, 0.3) is 0 Å². The molecule has 0 radical (unpaired) electrons. The molecule has 0 spiro atoms. The minimum atomic E-state index is 0.783. The first kappa shape index (κ1) is 13.5. The lowest BCUT2D eigenvalue weighted by atomic mass is 9.84. The van der Waals surface area contributed by atoms with Crippen molar-refractivity contribution >= 4 is 0 Å². The number of hydrogen-bond donors (Lipinski definition) is 0. The summed E-state index contributed by atoms with van der Waals surface area (Å²) in [5.74, 6) is 2.48. The molecule has 0 bridgehead atoms. The normalized spacial score (nSPS) is 20.4. The molecule has 0 heteroatoms. The van der Waals surface area contributed by atoms with E-state index < -0.39 is 0 Å². The average molecular weight is 220 g/mol. The molecule has 0 aliphatic heterocycles. The van der Waals surface area contributed by atoms with E-state index in [1.165, 1.54) is 31.3 Å². The van der Waals surface area contributed by atoms with Crippen LogP contribution < -0.4 is 0 Å². The quantitative estimate of drug-likeness (QED) is 0.585. The molecule has 2 atom stereocenters. The molecule has 1 rings (SSSR count). The van der Waals surface area contributed by atoms with Gasteiger partial charge in [0.2, 0.25) is 0 Å². The van der Waals surface area contributed by atoms with E-state index in [0.717, 1.165) is 17.8 Å². The highest BCUT2D eigenvalue weighted by Gasteiger charge is 2.14. The van der Waals surface area contributed by atoms with Gasteiger partial charge in [-0.3, -0.25) is 0 Å². The first-order valence-electron chi connectivity index (χ1n) is 6.87. The van der Waals surface area contributed by atoms with E-state index in [2.05, 4.69) is 46.8 Å². The van der Waals surface area contributed by atoms with E-state index in [-0.39, 0.29) is 0 Å². The second-order valence-corrected chi connectivity index (χ2v) is 5.95. The maximum absolute atomic E-state index is 2.40. The van der Waals surface area contributed by atoms with Crippen LogP contribution in [0.15, 0.2) is 23.3 Å². The molecule has 0 unspecified atom stereocenters. The van der Waals surface area contributed by atoms with Crippen molar-refractivity contribution in [2.24, 2.45) is 17.8 Å². The van der Waals surface area contributed by atoms with Gasteiger partial charge < -0.3 is 0 Å². The van der Waals surface area contributed by atoms with Gasteiger partial charge in [-0.1, -0.05) is 51.0 Å². The van der Waals surface area contributed by atoms with Crippen molar-refractivity contribution < 1.29 is 0 Å². The van der Waals surface area contributed by atoms with Crippen LogP contribution in [0.5, 0.6) is 0 Å². The van der Waals surface area contributed by atoms with E-state index >= 15 is 0 Å². The third-order valence-corrected chi connectivity index (χ3v) is 4.22. The third kappa shape index (κ3) is 4.15. The van der Waals surface area contributed by atoms with Crippen LogP contribution in [0, 0.1) is 17.8 Å². The van der Waals surface area contributed by atoms with Crippen molar-refractivity contribution in [3.63, 3.8) is 0 Å². The van der Waals surface area contributed by atoms with Gasteiger partial charge in [0.15, 0.2) is 0 Å². The standard InChI is InChI=1S/C16H28/c1-12(2)14(4)8-9-15(5)16-10-6-13(3)7-11-16/h6,10,12,14-15H,7-9,11H2,1-5H3/t14-,15-/m0/s1. The second-order valence-electron chi connectivity index (χ2n) is 5.95. The van der Waals surface area contributed by atoms with E-state index in [1.807, 2.05) is 0 Å². The Labute approximate surface area is 102 Å². The molecular formula is C16H28. The molecule has 0 aromatic heterocycles. The van der Waals surface area contributed by atoms with E-state index in [4.69, 9.17) is 0 Å². The fourth-order valence-electron chi connectivity index (χ4n) is 2.20. The van der Waals surface area contributed by atoms with E-state index in [9.17, 15) is 0 Å². The van der Waals surface area contributed by atoms with Gasteiger partial charge in [0.1, 0.15) is 0 Å². The van der Waals surface area contributed by atoms with Crippen molar-refractivity contribution in [3.8, 4) is 0 Å². The molecule has 0 N–H and O–H groups in total. The van der Waals surface area contributed by atoms with Gasteiger partial charge in [0, 0.05) is 0 Å². The summed E-state index contributed by atoms with van der Waals surface area (Å²) in [7, 11) is 0. The lowest BCUT2D eigenvalue weighted by Gasteiger charge is -2.22. The predicted molar refractivity (Wildman–Crippen MR) is 73.5 cm³/mol. The van der Waals surface area contributed by atoms with E-state index in [0.29, 0.717) is 0 Å². The molecule has 0 nitrogen and oxygen atoms in total. The minimum Gasteiger partial charge on any atom is -0.0730 e. The Hall–Kier alpha value is -0.520. The van der Waals surface area contributed by atoms with Crippen LogP contribution in [0.2, 0.25) is 0 Å². The Morgan fingerprint density at radius 1 is 1.00 bits per heavy atom. The van der Waals surface area contributed by atoms with Gasteiger partial charge in [0.25, 0.3) is 0 Å². The van der Waals surface area contributed by atoms with Crippen LogP contribution in [0.3, 0.4) is 0 Å². The Kier molecular flexibility index (Phi) is 5.31. The number of hydrogen-bond acceptors (Lipinski definition) is 0. The maximum atomic E-state index is 2.40. The zero-order valence-electron chi connectivity index (χ0n) is 11.7. The summed E-state index contributed by atoms with van der Waals surface area (Å²) < 4.78 is 0. The summed E-state index contributed by atoms with van der Waals surface area (Å²) in [6.45, 7) is 11.7.